The van der Waals surface area contributed by atoms with Gasteiger partial charge in [-0.2, -0.15) is 0 Å². The van der Waals surface area contributed by atoms with Gasteiger partial charge in [0.15, 0.2) is 0 Å². The van der Waals surface area contributed by atoms with Gasteiger partial charge >= 0.3 is 5.97 Å². The van der Waals surface area contributed by atoms with E-state index >= 15 is 0 Å². The molecule has 0 amide bonds. The number of hydrogen-bond donors (Lipinski definition) is 0. The maximum Gasteiger partial charge on any atom is 0.316 e. The molecule has 1 rings (SSSR count). The predicted molar refractivity (Wildman–Crippen MR) is 48.3 cm³/mol. The Bertz CT molecular complexity index is 154. The van der Waals surface area contributed by atoms with Crippen LogP contribution in [0.2, 0.25) is 0 Å². The predicted octanol–water partition coefficient (Wildman–Crippen LogP) is 1.07. The van der Waals surface area contributed by atoms with E-state index in [1.54, 1.807) is 11.8 Å². The summed E-state index contributed by atoms with van der Waals surface area (Å²) in [5.74, 6) is 0.327. The summed E-state index contributed by atoms with van der Waals surface area (Å²) in [4.78, 5) is 11.0. The lowest BCUT2D eigenvalue weighted by atomic mass is 10.4. The fraction of sp³-hybridized carbons (Fsp3) is 0.875. The highest BCUT2D eigenvalue weighted by molar-refractivity contribution is 8.00. The SMILES string of the molecule is CC(C)OC(=O)CSC1COC1. The molecular formula is C8H14O3S. The largest absolute Gasteiger partial charge is 0.462 e. The summed E-state index contributed by atoms with van der Waals surface area (Å²) in [5, 5.41) is 0.504. The van der Waals surface area contributed by atoms with E-state index in [4.69, 9.17) is 9.47 Å². The third-order valence-corrected chi connectivity index (χ3v) is 2.56. The summed E-state index contributed by atoms with van der Waals surface area (Å²) < 4.78 is 9.94. The van der Waals surface area contributed by atoms with Crippen LogP contribution >= 0.6 is 11.8 Å². The highest BCUT2D eigenvalue weighted by atomic mass is 32.2. The molecule has 0 spiro atoms. The van der Waals surface area contributed by atoms with Crippen LogP contribution in [0.4, 0.5) is 0 Å². The Morgan fingerprint density at radius 1 is 1.67 bits per heavy atom. The molecule has 1 aliphatic heterocycles. The second-order valence-corrected chi connectivity index (χ2v) is 4.30. The Labute approximate surface area is 76.8 Å². The lowest BCUT2D eigenvalue weighted by Crippen LogP contribution is -2.31. The van der Waals surface area contributed by atoms with Crippen molar-refractivity contribution in [1.82, 2.24) is 0 Å². The summed E-state index contributed by atoms with van der Waals surface area (Å²) in [6, 6.07) is 0. The van der Waals surface area contributed by atoms with Crippen LogP contribution in [-0.4, -0.2) is 36.3 Å². The van der Waals surface area contributed by atoms with Crippen molar-refractivity contribution in [3.63, 3.8) is 0 Å². The molecule has 0 unspecified atom stereocenters. The maximum absolute atomic E-state index is 11.0. The van der Waals surface area contributed by atoms with Crippen LogP contribution in [0.1, 0.15) is 13.8 Å². The quantitative estimate of drug-likeness (QED) is 0.621. The average Bonchev–Trinajstić information content (AvgIpc) is 1.81. The Hall–Kier alpha value is -0.220. The second kappa shape index (κ2) is 4.72. The average molecular weight is 190 g/mol. The van der Waals surface area contributed by atoms with Gasteiger partial charge in [-0.25, -0.2) is 0 Å². The van der Waals surface area contributed by atoms with Crippen molar-refractivity contribution in [2.45, 2.75) is 25.2 Å². The number of thioether (sulfide) groups is 1. The van der Waals surface area contributed by atoms with Gasteiger partial charge in [-0.15, -0.1) is 11.8 Å². The molecule has 0 N–H and O–H groups in total. The first-order valence-corrected chi connectivity index (χ1v) is 5.12. The zero-order valence-corrected chi connectivity index (χ0v) is 8.23. The zero-order chi connectivity index (χ0) is 8.97. The van der Waals surface area contributed by atoms with E-state index < -0.39 is 0 Å². The van der Waals surface area contributed by atoms with Crippen LogP contribution in [0.15, 0.2) is 0 Å². The van der Waals surface area contributed by atoms with Crippen LogP contribution in [0, 0.1) is 0 Å². The summed E-state index contributed by atoms with van der Waals surface area (Å²) in [7, 11) is 0. The van der Waals surface area contributed by atoms with E-state index in [1.165, 1.54) is 0 Å². The highest BCUT2D eigenvalue weighted by Crippen LogP contribution is 2.18. The van der Waals surface area contributed by atoms with E-state index in [1.807, 2.05) is 13.8 Å². The molecule has 1 saturated heterocycles. The second-order valence-electron chi connectivity index (χ2n) is 3.01. The third-order valence-electron chi connectivity index (χ3n) is 1.41. The van der Waals surface area contributed by atoms with Crippen LogP contribution in [0.5, 0.6) is 0 Å². The van der Waals surface area contributed by atoms with Gasteiger partial charge in [0, 0.05) is 0 Å². The van der Waals surface area contributed by atoms with Crippen molar-refractivity contribution in [1.29, 1.82) is 0 Å². The van der Waals surface area contributed by atoms with Gasteiger partial charge in [-0.05, 0) is 13.8 Å². The van der Waals surface area contributed by atoms with Crippen LogP contribution in [-0.2, 0) is 14.3 Å². The highest BCUT2D eigenvalue weighted by Gasteiger charge is 2.20. The van der Waals surface area contributed by atoms with Crippen molar-refractivity contribution < 1.29 is 14.3 Å². The molecule has 0 aromatic heterocycles. The van der Waals surface area contributed by atoms with Gasteiger partial charge in [0.05, 0.1) is 30.3 Å². The van der Waals surface area contributed by atoms with Crippen molar-refractivity contribution >= 4 is 17.7 Å². The van der Waals surface area contributed by atoms with Crippen molar-refractivity contribution in [2.75, 3.05) is 19.0 Å². The molecule has 0 bridgehead atoms. The Kier molecular flexibility index (Phi) is 3.88. The molecule has 0 atom stereocenters. The van der Waals surface area contributed by atoms with Gasteiger partial charge in [0.1, 0.15) is 0 Å². The first-order valence-electron chi connectivity index (χ1n) is 4.07. The minimum absolute atomic E-state index is 0.00394. The molecule has 1 heterocycles. The molecule has 70 valence electrons. The van der Waals surface area contributed by atoms with Crippen molar-refractivity contribution in [2.24, 2.45) is 0 Å². The summed E-state index contributed by atoms with van der Waals surface area (Å²) >= 11 is 1.61. The first-order chi connectivity index (χ1) is 5.68. The summed E-state index contributed by atoms with van der Waals surface area (Å²) in [5.41, 5.74) is 0. The van der Waals surface area contributed by atoms with Crippen LogP contribution in [0.25, 0.3) is 0 Å². The first kappa shape index (κ1) is 9.86. The van der Waals surface area contributed by atoms with Gasteiger partial charge in [-0.1, -0.05) is 0 Å². The lowest BCUT2D eigenvalue weighted by Gasteiger charge is -2.24. The number of rotatable bonds is 4. The summed E-state index contributed by atoms with van der Waals surface area (Å²) in [6.07, 6.45) is -0.00394. The molecule has 0 radical (unpaired) electrons. The van der Waals surface area contributed by atoms with Gasteiger partial charge in [0.25, 0.3) is 0 Å². The monoisotopic (exact) mass is 190 g/mol. The van der Waals surface area contributed by atoms with Crippen LogP contribution < -0.4 is 0 Å². The number of ether oxygens (including phenoxy) is 2. The van der Waals surface area contributed by atoms with Gasteiger partial charge < -0.3 is 9.47 Å². The molecule has 4 heteroatoms. The lowest BCUT2D eigenvalue weighted by molar-refractivity contribution is -0.144. The van der Waals surface area contributed by atoms with E-state index in [2.05, 4.69) is 0 Å². The molecule has 0 aliphatic carbocycles. The zero-order valence-electron chi connectivity index (χ0n) is 7.41. The molecule has 1 fully saturated rings. The number of hydrogen-bond acceptors (Lipinski definition) is 4. The molecule has 12 heavy (non-hydrogen) atoms. The smallest absolute Gasteiger partial charge is 0.316 e. The van der Waals surface area contributed by atoms with E-state index in [0.29, 0.717) is 11.0 Å². The van der Waals surface area contributed by atoms with Gasteiger partial charge in [0.2, 0.25) is 0 Å². The number of carbonyl (C=O) groups excluding carboxylic acids is 1. The number of esters is 1. The molecule has 0 saturated carbocycles. The van der Waals surface area contributed by atoms with E-state index in [9.17, 15) is 4.79 Å². The van der Waals surface area contributed by atoms with Gasteiger partial charge in [-0.3, -0.25) is 4.79 Å². The maximum atomic E-state index is 11.0. The van der Waals surface area contributed by atoms with Crippen LogP contribution in [0.3, 0.4) is 0 Å². The third kappa shape index (κ3) is 3.45. The minimum atomic E-state index is -0.123. The number of carbonyl (C=O) groups is 1. The standard InChI is InChI=1S/C8H14O3S/c1-6(2)11-8(9)5-12-7-3-10-4-7/h6-7H,3-5H2,1-2H3. The molecule has 0 aromatic carbocycles. The summed E-state index contributed by atoms with van der Waals surface area (Å²) in [6.45, 7) is 5.27. The van der Waals surface area contributed by atoms with Crippen molar-refractivity contribution in [3.05, 3.63) is 0 Å². The fourth-order valence-electron chi connectivity index (χ4n) is 0.793. The Balaban J connectivity index is 2.01. The Morgan fingerprint density at radius 3 is 2.75 bits per heavy atom. The topological polar surface area (TPSA) is 35.5 Å². The van der Waals surface area contributed by atoms with E-state index in [0.717, 1.165) is 13.2 Å². The minimum Gasteiger partial charge on any atom is -0.462 e. The van der Waals surface area contributed by atoms with Crippen molar-refractivity contribution in [3.8, 4) is 0 Å². The molecule has 1 aliphatic rings. The van der Waals surface area contributed by atoms with E-state index in [-0.39, 0.29) is 12.1 Å². The normalized spacial score (nSPS) is 17.6. The fourth-order valence-corrected chi connectivity index (χ4v) is 1.62. The molecule has 3 nitrogen and oxygen atoms in total. The Morgan fingerprint density at radius 2 is 2.33 bits per heavy atom. The molecule has 0 aromatic rings. The molecular weight excluding hydrogens is 176 g/mol.